The van der Waals surface area contributed by atoms with Crippen molar-refractivity contribution in [3.05, 3.63) is 34.9 Å². The summed E-state index contributed by atoms with van der Waals surface area (Å²) in [6, 6.07) is 7.32. The highest BCUT2D eigenvalue weighted by Gasteiger charge is 2.22. The Morgan fingerprint density at radius 3 is 2.52 bits per heavy atom. The zero-order chi connectivity index (χ0) is 15.2. The molecule has 1 N–H and O–H groups in total. The minimum atomic E-state index is 0.454. The molecule has 0 saturated heterocycles. The molecule has 118 valence electrons. The van der Waals surface area contributed by atoms with E-state index < -0.39 is 0 Å². The highest BCUT2D eigenvalue weighted by atomic mass is 15.1. The fourth-order valence-electron chi connectivity index (χ4n) is 3.37. The molecule has 0 aliphatic heterocycles. The van der Waals surface area contributed by atoms with Gasteiger partial charge in [-0.3, -0.25) is 0 Å². The number of nitrogens with zero attached hydrogens (tertiary/aromatic N) is 1. The molecule has 1 aromatic rings. The van der Waals surface area contributed by atoms with Crippen LogP contribution in [0.15, 0.2) is 18.2 Å². The molecule has 0 bridgehead atoms. The summed E-state index contributed by atoms with van der Waals surface area (Å²) in [5, 5.41) is 3.69. The first-order chi connectivity index (χ1) is 10.1. The van der Waals surface area contributed by atoms with Gasteiger partial charge in [0.2, 0.25) is 0 Å². The molecule has 1 unspecified atom stereocenters. The predicted molar refractivity (Wildman–Crippen MR) is 91.8 cm³/mol. The molecule has 2 rings (SSSR count). The first kappa shape index (κ1) is 16.5. The molecule has 1 aliphatic carbocycles. The molecule has 0 aromatic heterocycles. The van der Waals surface area contributed by atoms with Crippen molar-refractivity contribution in [2.45, 2.75) is 53.0 Å². The first-order valence-corrected chi connectivity index (χ1v) is 8.66. The van der Waals surface area contributed by atoms with Crippen molar-refractivity contribution in [3.8, 4) is 0 Å². The summed E-state index contributed by atoms with van der Waals surface area (Å²) >= 11 is 0. The lowest BCUT2D eigenvalue weighted by Crippen LogP contribution is -2.39. The van der Waals surface area contributed by atoms with Crippen LogP contribution in [0, 0.1) is 19.8 Å². The Morgan fingerprint density at radius 1 is 1.24 bits per heavy atom. The topological polar surface area (TPSA) is 15.3 Å². The highest BCUT2D eigenvalue weighted by molar-refractivity contribution is 5.33. The van der Waals surface area contributed by atoms with Crippen LogP contribution in [-0.4, -0.2) is 31.1 Å². The van der Waals surface area contributed by atoms with Gasteiger partial charge in [-0.1, -0.05) is 44.0 Å². The van der Waals surface area contributed by atoms with Crippen LogP contribution in [0.1, 0.15) is 55.8 Å². The molecular weight excluding hydrogens is 256 g/mol. The Bertz CT molecular complexity index is 437. The van der Waals surface area contributed by atoms with Gasteiger partial charge in [-0.2, -0.15) is 0 Å². The quantitative estimate of drug-likeness (QED) is 0.775. The monoisotopic (exact) mass is 288 g/mol. The standard InChI is InChI=1S/C19H32N2/c1-5-20-19(18-11-10-15(3)12-16(18)4)14-21(6-2)13-17-8-7-9-17/h10-12,17,19-20H,5-9,13-14H2,1-4H3. The van der Waals surface area contributed by atoms with Crippen LogP contribution in [-0.2, 0) is 0 Å². The van der Waals surface area contributed by atoms with E-state index in [1.807, 2.05) is 0 Å². The zero-order valence-corrected chi connectivity index (χ0v) is 14.3. The van der Waals surface area contributed by atoms with Gasteiger partial charge >= 0.3 is 0 Å². The Balaban J connectivity index is 2.05. The lowest BCUT2D eigenvalue weighted by atomic mass is 9.85. The van der Waals surface area contributed by atoms with E-state index in [1.165, 1.54) is 42.5 Å². The van der Waals surface area contributed by atoms with Crippen molar-refractivity contribution in [2.24, 2.45) is 5.92 Å². The Hall–Kier alpha value is -0.860. The van der Waals surface area contributed by atoms with Crippen molar-refractivity contribution in [1.82, 2.24) is 10.2 Å². The highest BCUT2D eigenvalue weighted by Crippen LogP contribution is 2.28. The van der Waals surface area contributed by atoms with E-state index in [4.69, 9.17) is 0 Å². The zero-order valence-electron chi connectivity index (χ0n) is 14.3. The van der Waals surface area contributed by atoms with Crippen LogP contribution in [0.4, 0.5) is 0 Å². The molecule has 1 atom stereocenters. The van der Waals surface area contributed by atoms with E-state index >= 15 is 0 Å². The second-order valence-electron chi connectivity index (χ2n) is 6.62. The fraction of sp³-hybridized carbons (Fsp3) is 0.684. The molecule has 0 radical (unpaired) electrons. The maximum absolute atomic E-state index is 3.69. The fourth-order valence-corrected chi connectivity index (χ4v) is 3.37. The van der Waals surface area contributed by atoms with E-state index in [2.05, 4.69) is 56.1 Å². The van der Waals surface area contributed by atoms with Gasteiger partial charge in [0.25, 0.3) is 0 Å². The van der Waals surface area contributed by atoms with Gasteiger partial charge in [-0.25, -0.2) is 0 Å². The molecule has 2 heteroatoms. The van der Waals surface area contributed by atoms with Crippen LogP contribution in [0.25, 0.3) is 0 Å². The van der Waals surface area contributed by atoms with Gasteiger partial charge in [-0.15, -0.1) is 0 Å². The van der Waals surface area contributed by atoms with Crippen LogP contribution in [0.2, 0.25) is 0 Å². The van der Waals surface area contributed by atoms with Crippen molar-refractivity contribution in [2.75, 3.05) is 26.2 Å². The maximum Gasteiger partial charge on any atom is 0.0451 e. The summed E-state index contributed by atoms with van der Waals surface area (Å²) in [5.41, 5.74) is 4.24. The van der Waals surface area contributed by atoms with Crippen LogP contribution < -0.4 is 5.32 Å². The summed E-state index contributed by atoms with van der Waals surface area (Å²) in [4.78, 5) is 2.64. The van der Waals surface area contributed by atoms with Gasteiger partial charge in [0.15, 0.2) is 0 Å². The van der Waals surface area contributed by atoms with Gasteiger partial charge in [0.05, 0.1) is 0 Å². The molecule has 1 aromatic carbocycles. The molecule has 0 heterocycles. The average Bonchev–Trinajstić information content (AvgIpc) is 2.40. The predicted octanol–water partition coefficient (Wildman–Crippen LogP) is 4.08. The van der Waals surface area contributed by atoms with E-state index in [-0.39, 0.29) is 0 Å². The van der Waals surface area contributed by atoms with E-state index in [0.717, 1.165) is 25.6 Å². The number of hydrogen-bond acceptors (Lipinski definition) is 2. The molecule has 1 saturated carbocycles. The third-order valence-corrected chi connectivity index (χ3v) is 4.88. The van der Waals surface area contributed by atoms with Crippen LogP contribution in [0.3, 0.4) is 0 Å². The van der Waals surface area contributed by atoms with Gasteiger partial charge in [0.1, 0.15) is 0 Å². The van der Waals surface area contributed by atoms with Crippen molar-refractivity contribution in [3.63, 3.8) is 0 Å². The number of nitrogens with one attached hydrogen (secondary N) is 1. The van der Waals surface area contributed by atoms with E-state index in [0.29, 0.717) is 6.04 Å². The second kappa shape index (κ2) is 7.95. The molecule has 21 heavy (non-hydrogen) atoms. The summed E-state index contributed by atoms with van der Waals surface area (Å²) in [5.74, 6) is 0.950. The molecular formula is C19H32N2. The minimum absolute atomic E-state index is 0.454. The second-order valence-corrected chi connectivity index (χ2v) is 6.62. The van der Waals surface area contributed by atoms with Crippen LogP contribution in [0.5, 0.6) is 0 Å². The summed E-state index contributed by atoms with van der Waals surface area (Å²) in [6.45, 7) is 13.5. The molecule has 0 amide bonds. The summed E-state index contributed by atoms with van der Waals surface area (Å²) in [6.07, 6.45) is 4.31. The third kappa shape index (κ3) is 4.55. The largest absolute Gasteiger partial charge is 0.309 e. The number of aryl methyl sites for hydroxylation is 2. The van der Waals surface area contributed by atoms with E-state index in [1.54, 1.807) is 0 Å². The van der Waals surface area contributed by atoms with Crippen molar-refractivity contribution < 1.29 is 0 Å². The smallest absolute Gasteiger partial charge is 0.0451 e. The van der Waals surface area contributed by atoms with Gasteiger partial charge in [-0.05, 0) is 56.8 Å². The van der Waals surface area contributed by atoms with Crippen molar-refractivity contribution in [1.29, 1.82) is 0 Å². The Morgan fingerprint density at radius 2 is 2.00 bits per heavy atom. The minimum Gasteiger partial charge on any atom is -0.309 e. The number of benzene rings is 1. The van der Waals surface area contributed by atoms with Gasteiger partial charge < -0.3 is 10.2 Å². The lowest BCUT2D eigenvalue weighted by molar-refractivity contribution is 0.170. The molecule has 2 nitrogen and oxygen atoms in total. The van der Waals surface area contributed by atoms with E-state index in [9.17, 15) is 0 Å². The van der Waals surface area contributed by atoms with Crippen LogP contribution >= 0.6 is 0 Å². The average molecular weight is 288 g/mol. The molecule has 1 aliphatic rings. The molecule has 0 spiro atoms. The Kier molecular flexibility index (Phi) is 6.25. The maximum atomic E-state index is 3.69. The van der Waals surface area contributed by atoms with Gasteiger partial charge in [0, 0.05) is 19.1 Å². The summed E-state index contributed by atoms with van der Waals surface area (Å²) < 4.78 is 0. The summed E-state index contributed by atoms with van der Waals surface area (Å²) in [7, 11) is 0. The molecule has 1 fully saturated rings. The SMILES string of the molecule is CCNC(CN(CC)CC1CCC1)c1ccc(C)cc1C. The number of likely N-dealkylation sites (N-methyl/N-ethyl adjacent to an activating group) is 2. The third-order valence-electron chi connectivity index (χ3n) is 4.88. The van der Waals surface area contributed by atoms with Crippen molar-refractivity contribution >= 4 is 0 Å². The normalized spacial score (nSPS) is 17.0. The first-order valence-electron chi connectivity index (χ1n) is 8.66. The Labute approximate surface area is 130 Å². The number of hydrogen-bond donors (Lipinski definition) is 1. The number of rotatable bonds is 8. The lowest BCUT2D eigenvalue weighted by Gasteiger charge is -2.34.